The zero-order valence-electron chi connectivity index (χ0n) is 12.8. The molecule has 7 fully saturated rings. The van der Waals surface area contributed by atoms with Crippen LogP contribution in [0.15, 0.2) is 9.59 Å². The van der Waals surface area contributed by atoms with Gasteiger partial charge in [-0.1, -0.05) is 0 Å². The molecule has 0 aromatic carbocycles. The standard InChI is InChI=1S/C15H17N5O3/c1-16-12(21)18-10-8-9-11(19(18)13(16)22)15-5-4-14(10,15)6-2-3-7(15)20(23-9)17(6)8/h6-11H,2-5H2,1H3. The van der Waals surface area contributed by atoms with E-state index in [4.69, 9.17) is 4.84 Å². The Labute approximate surface area is 130 Å². The molecule has 6 aliphatic heterocycles. The highest BCUT2D eigenvalue weighted by molar-refractivity contribution is 5.40. The predicted molar refractivity (Wildman–Crippen MR) is 75.3 cm³/mol. The first-order chi connectivity index (χ1) is 11.1. The molecule has 0 N–H and O–H groups in total. The highest BCUT2D eigenvalue weighted by Crippen LogP contribution is 2.87. The van der Waals surface area contributed by atoms with Crippen molar-refractivity contribution in [3.8, 4) is 0 Å². The van der Waals surface area contributed by atoms with Crippen molar-refractivity contribution in [1.82, 2.24) is 24.1 Å². The highest BCUT2D eigenvalue weighted by Gasteiger charge is 2.93. The third-order valence-corrected chi connectivity index (χ3v) is 8.82. The zero-order chi connectivity index (χ0) is 15.0. The molecule has 8 unspecified atom stereocenters. The minimum absolute atomic E-state index is 0.0456. The molecule has 7 heterocycles. The van der Waals surface area contributed by atoms with Gasteiger partial charge in [0.1, 0.15) is 6.10 Å². The Balaban J connectivity index is 1.62. The molecule has 3 aliphatic carbocycles. The molecule has 9 aliphatic rings. The van der Waals surface area contributed by atoms with E-state index in [1.807, 2.05) is 4.68 Å². The fourth-order valence-corrected chi connectivity index (χ4v) is 8.47. The maximum Gasteiger partial charge on any atom is 0.347 e. The lowest BCUT2D eigenvalue weighted by molar-refractivity contribution is -0.439. The molecule has 8 nitrogen and oxygen atoms in total. The molecule has 120 valence electrons. The molecule has 1 spiro atoms. The summed E-state index contributed by atoms with van der Waals surface area (Å²) in [5, 5.41) is 4.66. The largest absolute Gasteiger partial charge is 0.347 e. The van der Waals surface area contributed by atoms with Crippen LogP contribution in [0, 0.1) is 10.8 Å². The van der Waals surface area contributed by atoms with Crippen molar-refractivity contribution < 1.29 is 4.84 Å². The molecule has 4 saturated heterocycles. The van der Waals surface area contributed by atoms with Crippen molar-refractivity contribution >= 4 is 0 Å². The number of hydrogen-bond acceptors (Lipinski definition) is 5. The molecule has 8 heteroatoms. The van der Waals surface area contributed by atoms with Gasteiger partial charge < -0.3 is 0 Å². The second-order valence-corrected chi connectivity index (χ2v) is 8.64. The summed E-state index contributed by atoms with van der Waals surface area (Å²) in [6.45, 7) is 0. The highest BCUT2D eigenvalue weighted by atomic mass is 16.8. The average molecular weight is 315 g/mol. The van der Waals surface area contributed by atoms with E-state index in [2.05, 4.69) is 10.2 Å². The van der Waals surface area contributed by atoms with E-state index in [1.165, 1.54) is 23.8 Å². The van der Waals surface area contributed by atoms with Gasteiger partial charge in [0.2, 0.25) is 0 Å². The Kier molecular flexibility index (Phi) is 1.30. The lowest BCUT2D eigenvalue weighted by Gasteiger charge is -2.78. The molecular formula is C15H17N5O3. The summed E-state index contributed by atoms with van der Waals surface area (Å²) in [6.07, 6.45) is 4.81. The lowest BCUT2D eigenvalue weighted by Crippen LogP contribution is -2.84. The summed E-state index contributed by atoms with van der Waals surface area (Å²) >= 11 is 0. The van der Waals surface area contributed by atoms with E-state index < -0.39 is 0 Å². The number of hydroxylamine groups is 1. The molecular weight excluding hydrogens is 298 g/mol. The van der Waals surface area contributed by atoms with Crippen LogP contribution in [0.2, 0.25) is 0 Å². The van der Waals surface area contributed by atoms with Crippen molar-refractivity contribution in [2.75, 3.05) is 0 Å². The van der Waals surface area contributed by atoms with Crippen molar-refractivity contribution in [2.45, 2.75) is 62.0 Å². The average Bonchev–Trinajstić information content (AvgIpc) is 3.13. The van der Waals surface area contributed by atoms with Crippen LogP contribution in [-0.2, 0) is 11.9 Å². The topological polar surface area (TPSA) is 64.6 Å². The van der Waals surface area contributed by atoms with Gasteiger partial charge in [0.15, 0.2) is 0 Å². The molecule has 7 bridgehead atoms. The maximum absolute atomic E-state index is 12.8. The Bertz CT molecular complexity index is 926. The number of hydrazine groups is 1. The number of aromatic nitrogens is 3. The van der Waals surface area contributed by atoms with Gasteiger partial charge in [-0.3, -0.25) is 4.84 Å². The zero-order valence-corrected chi connectivity index (χ0v) is 12.8. The predicted octanol–water partition coefficient (Wildman–Crippen LogP) is -1.02. The van der Waals surface area contributed by atoms with Crippen LogP contribution in [0.5, 0.6) is 0 Å². The minimum Gasteiger partial charge on any atom is -0.276 e. The van der Waals surface area contributed by atoms with Crippen LogP contribution in [0.25, 0.3) is 0 Å². The number of nitrogens with zero attached hydrogens (tertiary/aromatic N) is 5. The minimum atomic E-state index is -0.156. The van der Waals surface area contributed by atoms with E-state index in [9.17, 15) is 9.59 Å². The van der Waals surface area contributed by atoms with Gasteiger partial charge in [0.05, 0.1) is 24.2 Å². The Hall–Kier alpha value is -1.38. The lowest BCUT2D eigenvalue weighted by atomic mass is 9.33. The van der Waals surface area contributed by atoms with Gasteiger partial charge in [0, 0.05) is 23.9 Å². The first-order valence-corrected chi connectivity index (χ1v) is 8.79. The molecule has 1 aromatic heterocycles. The van der Waals surface area contributed by atoms with Crippen LogP contribution in [-0.4, -0.2) is 48.3 Å². The quantitative estimate of drug-likeness (QED) is 0.613. The normalized spacial score (nSPS) is 59.0. The van der Waals surface area contributed by atoms with Crippen molar-refractivity contribution in [1.29, 1.82) is 0 Å². The molecule has 23 heavy (non-hydrogen) atoms. The van der Waals surface area contributed by atoms with Gasteiger partial charge in [-0.15, -0.1) is 5.17 Å². The van der Waals surface area contributed by atoms with Gasteiger partial charge >= 0.3 is 11.4 Å². The van der Waals surface area contributed by atoms with Gasteiger partial charge in [0.25, 0.3) is 0 Å². The van der Waals surface area contributed by atoms with Gasteiger partial charge in [-0.25, -0.2) is 28.5 Å². The first kappa shape index (κ1) is 11.2. The van der Waals surface area contributed by atoms with E-state index in [0.717, 1.165) is 6.42 Å². The molecule has 1 aromatic rings. The molecule has 0 amide bonds. The summed E-state index contributed by atoms with van der Waals surface area (Å²) in [4.78, 5) is 31.9. The van der Waals surface area contributed by atoms with E-state index in [-0.39, 0.29) is 46.4 Å². The summed E-state index contributed by atoms with van der Waals surface area (Å²) in [5.74, 6) is 0. The third-order valence-electron chi connectivity index (χ3n) is 8.82. The number of hydrogen-bond donors (Lipinski definition) is 0. The Morgan fingerprint density at radius 2 is 1.65 bits per heavy atom. The molecule has 10 rings (SSSR count). The van der Waals surface area contributed by atoms with Crippen LogP contribution < -0.4 is 11.4 Å². The number of fused-ring (bicyclic) bond motifs is 1. The maximum atomic E-state index is 12.8. The Morgan fingerprint density at radius 1 is 1.00 bits per heavy atom. The van der Waals surface area contributed by atoms with E-state index in [0.29, 0.717) is 12.1 Å². The van der Waals surface area contributed by atoms with Crippen LogP contribution >= 0.6 is 0 Å². The van der Waals surface area contributed by atoms with Crippen molar-refractivity contribution in [3.63, 3.8) is 0 Å². The van der Waals surface area contributed by atoms with E-state index >= 15 is 0 Å². The van der Waals surface area contributed by atoms with Crippen molar-refractivity contribution in [2.24, 2.45) is 17.9 Å². The monoisotopic (exact) mass is 315 g/mol. The first-order valence-electron chi connectivity index (χ1n) is 8.79. The van der Waals surface area contributed by atoms with Crippen LogP contribution in [0.1, 0.15) is 37.8 Å². The fourth-order valence-electron chi connectivity index (χ4n) is 8.47. The number of rotatable bonds is 0. The fraction of sp³-hybridized carbons (Fsp3) is 0.867. The van der Waals surface area contributed by atoms with Gasteiger partial charge in [-0.05, 0) is 25.7 Å². The third kappa shape index (κ3) is 0.666. The van der Waals surface area contributed by atoms with Crippen LogP contribution in [0.4, 0.5) is 0 Å². The summed E-state index contributed by atoms with van der Waals surface area (Å²) in [7, 11) is 1.61. The molecule has 3 saturated carbocycles. The second-order valence-electron chi connectivity index (χ2n) is 8.64. The second kappa shape index (κ2) is 2.66. The summed E-state index contributed by atoms with van der Waals surface area (Å²) in [6, 6.07) is 1.32. The van der Waals surface area contributed by atoms with E-state index in [1.54, 1.807) is 11.7 Å². The smallest absolute Gasteiger partial charge is 0.276 e. The Morgan fingerprint density at radius 3 is 2.39 bits per heavy atom. The molecule has 8 atom stereocenters. The summed E-state index contributed by atoms with van der Waals surface area (Å²) in [5.41, 5.74) is 0.0718. The van der Waals surface area contributed by atoms with Gasteiger partial charge in [-0.2, -0.15) is 0 Å². The summed E-state index contributed by atoms with van der Waals surface area (Å²) < 4.78 is 4.93. The SMILES string of the molecule is Cn1c(=O)n2n(c1=O)C1C3C4ON5C6CCC(N35)C13CCC63C42. The van der Waals surface area contributed by atoms with Crippen molar-refractivity contribution in [3.05, 3.63) is 21.0 Å². The molecule has 0 radical (unpaired) electrons. The van der Waals surface area contributed by atoms with Crippen LogP contribution in [0.3, 0.4) is 0 Å².